The molecule has 0 aromatic carbocycles. The Bertz CT molecular complexity index is 625. The number of hydrogen-bond donors (Lipinski definition) is 6. The molecule has 11 nitrogen and oxygen atoms in total. The van der Waals surface area contributed by atoms with E-state index < -0.39 is 54.3 Å². The summed E-state index contributed by atoms with van der Waals surface area (Å²) in [6.45, 7) is 7.01. The molecule has 0 aliphatic heterocycles. The van der Waals surface area contributed by atoms with Crippen molar-refractivity contribution in [2.75, 3.05) is 6.54 Å². The smallest absolute Gasteiger partial charge is 0.326 e. The van der Waals surface area contributed by atoms with E-state index in [4.69, 9.17) is 16.6 Å². The highest BCUT2D eigenvalue weighted by atomic mass is 16.4. The lowest BCUT2D eigenvalue weighted by atomic mass is 9.97. The average Bonchev–Trinajstić information content (AvgIpc) is 2.65. The number of hydrogen-bond acceptors (Lipinski definition) is 6. The predicted octanol–water partition coefficient (Wildman–Crippen LogP) is -1.16. The van der Waals surface area contributed by atoms with Crippen molar-refractivity contribution in [3.63, 3.8) is 0 Å². The number of carbonyl (C=O) groups excluding carboxylic acids is 4. The standard InChI is InChI=1S/C19H35N5O6/c1-5-11(4)16(24-17(27)12(20)8-10(2)3)18(28)22-9-15(26)23-13(19(29)30)6-7-14(21)25/h10-13,16H,5-9,20H2,1-4H3,(H2,21,25)(H,22,28)(H,23,26)(H,24,27)(H,29,30). The summed E-state index contributed by atoms with van der Waals surface area (Å²) in [5.41, 5.74) is 10.9. The van der Waals surface area contributed by atoms with Crippen molar-refractivity contribution in [1.82, 2.24) is 16.0 Å². The van der Waals surface area contributed by atoms with Gasteiger partial charge in [0.25, 0.3) is 0 Å². The normalized spacial score (nSPS) is 14.9. The Morgan fingerprint density at radius 3 is 2.07 bits per heavy atom. The van der Waals surface area contributed by atoms with Gasteiger partial charge in [-0.1, -0.05) is 34.1 Å². The molecule has 30 heavy (non-hydrogen) atoms. The van der Waals surface area contributed by atoms with Gasteiger partial charge in [-0.3, -0.25) is 19.2 Å². The Kier molecular flexibility index (Phi) is 12.3. The minimum Gasteiger partial charge on any atom is -0.480 e. The molecule has 0 aromatic heterocycles. The van der Waals surface area contributed by atoms with Gasteiger partial charge in [-0.15, -0.1) is 0 Å². The van der Waals surface area contributed by atoms with Crippen LogP contribution < -0.4 is 27.4 Å². The molecule has 0 rings (SSSR count). The molecule has 4 unspecified atom stereocenters. The molecule has 4 atom stereocenters. The summed E-state index contributed by atoms with van der Waals surface area (Å²) in [6.07, 6.45) is 0.690. The summed E-state index contributed by atoms with van der Waals surface area (Å²) < 4.78 is 0. The Balaban J connectivity index is 4.88. The number of primary amides is 1. The quantitative estimate of drug-likeness (QED) is 0.200. The molecule has 172 valence electrons. The molecule has 0 aliphatic carbocycles. The van der Waals surface area contributed by atoms with Gasteiger partial charge in [-0.25, -0.2) is 4.79 Å². The van der Waals surface area contributed by atoms with Gasteiger partial charge in [0.1, 0.15) is 12.1 Å². The summed E-state index contributed by atoms with van der Waals surface area (Å²) in [4.78, 5) is 58.8. The van der Waals surface area contributed by atoms with E-state index in [0.29, 0.717) is 12.8 Å². The van der Waals surface area contributed by atoms with Gasteiger partial charge < -0.3 is 32.5 Å². The van der Waals surface area contributed by atoms with Crippen LogP contribution in [0.4, 0.5) is 0 Å². The SMILES string of the molecule is CCC(C)C(NC(=O)C(N)CC(C)C)C(=O)NCC(=O)NC(CCC(N)=O)C(=O)O. The summed E-state index contributed by atoms with van der Waals surface area (Å²) in [5.74, 6) is -3.79. The maximum absolute atomic E-state index is 12.5. The highest BCUT2D eigenvalue weighted by molar-refractivity contribution is 5.92. The average molecular weight is 430 g/mol. The Morgan fingerprint density at radius 1 is 1.00 bits per heavy atom. The largest absolute Gasteiger partial charge is 0.480 e. The number of aliphatic carboxylic acids is 1. The van der Waals surface area contributed by atoms with Crippen LogP contribution in [0.5, 0.6) is 0 Å². The van der Waals surface area contributed by atoms with Gasteiger partial charge in [0.2, 0.25) is 23.6 Å². The van der Waals surface area contributed by atoms with Crippen LogP contribution in [0.15, 0.2) is 0 Å². The van der Waals surface area contributed by atoms with Gasteiger partial charge in [0, 0.05) is 6.42 Å². The Morgan fingerprint density at radius 2 is 1.60 bits per heavy atom. The van der Waals surface area contributed by atoms with Crippen molar-refractivity contribution in [2.24, 2.45) is 23.3 Å². The Hall–Kier alpha value is -2.69. The zero-order valence-corrected chi connectivity index (χ0v) is 18.1. The number of carboxylic acids is 1. The third-order valence-electron chi connectivity index (χ3n) is 4.59. The van der Waals surface area contributed by atoms with Gasteiger partial charge >= 0.3 is 5.97 Å². The number of carbonyl (C=O) groups is 5. The van der Waals surface area contributed by atoms with Crippen molar-refractivity contribution < 1.29 is 29.1 Å². The molecule has 0 fully saturated rings. The Labute approximate surface area is 176 Å². The minimum absolute atomic E-state index is 0.163. The van der Waals surface area contributed by atoms with Gasteiger partial charge in [-0.05, 0) is 24.7 Å². The first kappa shape index (κ1) is 27.3. The molecule has 0 radical (unpaired) electrons. The number of amides is 4. The zero-order valence-electron chi connectivity index (χ0n) is 18.1. The second-order valence-corrected chi connectivity index (χ2v) is 7.79. The fraction of sp³-hybridized carbons (Fsp3) is 0.737. The van der Waals surface area contributed by atoms with Gasteiger partial charge in [0.05, 0.1) is 12.6 Å². The molecule has 0 saturated carbocycles. The fourth-order valence-electron chi connectivity index (χ4n) is 2.64. The van der Waals surface area contributed by atoms with Crippen LogP contribution in [-0.4, -0.2) is 59.4 Å². The van der Waals surface area contributed by atoms with Crippen molar-refractivity contribution >= 4 is 29.6 Å². The van der Waals surface area contributed by atoms with E-state index >= 15 is 0 Å². The second kappa shape index (κ2) is 13.5. The van der Waals surface area contributed by atoms with Crippen LogP contribution in [0.2, 0.25) is 0 Å². The van der Waals surface area contributed by atoms with Gasteiger partial charge in [0.15, 0.2) is 0 Å². The third-order valence-corrected chi connectivity index (χ3v) is 4.59. The van der Waals surface area contributed by atoms with Crippen molar-refractivity contribution in [2.45, 2.75) is 71.5 Å². The van der Waals surface area contributed by atoms with Crippen LogP contribution >= 0.6 is 0 Å². The highest BCUT2D eigenvalue weighted by Crippen LogP contribution is 2.10. The molecule has 0 spiro atoms. The summed E-state index contributed by atoms with van der Waals surface area (Å²) in [5, 5.41) is 16.4. The molecular weight excluding hydrogens is 394 g/mol. The summed E-state index contributed by atoms with van der Waals surface area (Å²) in [6, 6.07) is -2.95. The van der Waals surface area contributed by atoms with Crippen LogP contribution in [0.25, 0.3) is 0 Å². The van der Waals surface area contributed by atoms with Crippen LogP contribution in [0.1, 0.15) is 53.4 Å². The molecule has 0 heterocycles. The van der Waals surface area contributed by atoms with E-state index in [1.807, 2.05) is 20.8 Å². The number of nitrogens with one attached hydrogen (secondary N) is 3. The first-order chi connectivity index (χ1) is 13.9. The second-order valence-electron chi connectivity index (χ2n) is 7.79. The van der Waals surface area contributed by atoms with Crippen LogP contribution in [-0.2, 0) is 24.0 Å². The molecule has 0 bridgehead atoms. The van der Waals surface area contributed by atoms with Crippen molar-refractivity contribution in [3.05, 3.63) is 0 Å². The third kappa shape index (κ3) is 10.7. The first-order valence-electron chi connectivity index (χ1n) is 10.0. The zero-order chi connectivity index (χ0) is 23.4. The lowest BCUT2D eigenvalue weighted by molar-refractivity contribution is -0.142. The number of nitrogens with two attached hydrogens (primary N) is 2. The monoisotopic (exact) mass is 429 g/mol. The molecule has 8 N–H and O–H groups in total. The molecule has 11 heteroatoms. The molecule has 0 aromatic rings. The van der Waals surface area contributed by atoms with Crippen molar-refractivity contribution in [1.29, 1.82) is 0 Å². The number of carboxylic acid groups (broad SMARTS) is 1. The van der Waals surface area contributed by atoms with Crippen LogP contribution in [0, 0.1) is 11.8 Å². The molecule has 0 saturated heterocycles. The maximum Gasteiger partial charge on any atom is 0.326 e. The van der Waals surface area contributed by atoms with E-state index in [2.05, 4.69) is 16.0 Å². The maximum atomic E-state index is 12.5. The fourth-order valence-corrected chi connectivity index (χ4v) is 2.64. The summed E-state index contributed by atoms with van der Waals surface area (Å²) >= 11 is 0. The van der Waals surface area contributed by atoms with Gasteiger partial charge in [-0.2, -0.15) is 0 Å². The highest BCUT2D eigenvalue weighted by Gasteiger charge is 2.28. The minimum atomic E-state index is -1.32. The molecule has 0 aliphatic rings. The van der Waals surface area contributed by atoms with Crippen LogP contribution in [0.3, 0.4) is 0 Å². The van der Waals surface area contributed by atoms with Crippen molar-refractivity contribution in [3.8, 4) is 0 Å². The first-order valence-corrected chi connectivity index (χ1v) is 10.0. The summed E-state index contributed by atoms with van der Waals surface area (Å²) in [7, 11) is 0. The van der Waals surface area contributed by atoms with E-state index in [1.54, 1.807) is 6.92 Å². The van der Waals surface area contributed by atoms with E-state index in [0.717, 1.165) is 0 Å². The number of rotatable bonds is 14. The lowest BCUT2D eigenvalue weighted by Gasteiger charge is -2.25. The van der Waals surface area contributed by atoms with E-state index in [-0.39, 0.29) is 24.7 Å². The predicted molar refractivity (Wildman–Crippen MR) is 110 cm³/mol. The molecule has 4 amide bonds. The topological polar surface area (TPSA) is 194 Å². The van der Waals surface area contributed by atoms with E-state index in [1.165, 1.54) is 0 Å². The molecular formula is C19H35N5O6. The lowest BCUT2D eigenvalue weighted by Crippen LogP contribution is -2.55. The van der Waals surface area contributed by atoms with E-state index in [9.17, 15) is 24.0 Å².